The van der Waals surface area contributed by atoms with Crippen LogP contribution in [-0.4, -0.2) is 34.9 Å². The molecule has 346 valence electrons. The maximum absolute atomic E-state index is 12.5. The normalized spacial score (nSPS) is 12.8. The first-order chi connectivity index (χ1) is 28.7. The quantitative estimate of drug-likeness (QED) is 0.0423. The Kier molecular flexibility index (Phi) is 49.7. The lowest BCUT2D eigenvalue weighted by molar-refractivity contribution is -0.123. The molecule has 1 amide bonds. The fraction of sp³-hybridized carbons (Fsp3) is 0.944. The first-order valence-electron chi connectivity index (χ1n) is 26.9. The van der Waals surface area contributed by atoms with E-state index in [0.29, 0.717) is 12.8 Å². The van der Waals surface area contributed by atoms with Gasteiger partial charge in [0.05, 0.1) is 18.8 Å². The third kappa shape index (κ3) is 46.2. The van der Waals surface area contributed by atoms with Crippen molar-refractivity contribution in [3.63, 3.8) is 0 Å². The number of carbonyl (C=O) groups is 1. The highest BCUT2D eigenvalue weighted by atomic mass is 16.3. The van der Waals surface area contributed by atoms with Gasteiger partial charge in [0.15, 0.2) is 0 Å². The van der Waals surface area contributed by atoms with Crippen LogP contribution in [0.15, 0.2) is 12.2 Å². The van der Waals surface area contributed by atoms with Gasteiger partial charge in [-0.15, -0.1) is 0 Å². The molecule has 0 aliphatic carbocycles. The summed E-state index contributed by atoms with van der Waals surface area (Å²) in [5, 5.41) is 23.3. The highest BCUT2D eigenvalue weighted by Gasteiger charge is 2.20. The van der Waals surface area contributed by atoms with Crippen molar-refractivity contribution < 1.29 is 15.0 Å². The van der Waals surface area contributed by atoms with Gasteiger partial charge in [-0.1, -0.05) is 276 Å². The van der Waals surface area contributed by atoms with Crippen LogP contribution in [0.4, 0.5) is 0 Å². The van der Waals surface area contributed by atoms with Crippen molar-refractivity contribution in [3.05, 3.63) is 12.2 Å². The molecule has 0 aromatic rings. The fourth-order valence-corrected chi connectivity index (χ4v) is 8.65. The van der Waals surface area contributed by atoms with Gasteiger partial charge in [-0.25, -0.2) is 0 Å². The van der Waals surface area contributed by atoms with Crippen LogP contribution < -0.4 is 5.32 Å². The van der Waals surface area contributed by atoms with Crippen LogP contribution in [-0.2, 0) is 4.79 Å². The molecule has 0 spiro atoms. The number of nitrogens with one attached hydrogen (secondary N) is 1. The van der Waals surface area contributed by atoms with Gasteiger partial charge in [0.1, 0.15) is 0 Å². The minimum absolute atomic E-state index is 0.0250. The second-order valence-electron chi connectivity index (χ2n) is 18.7. The van der Waals surface area contributed by atoms with Crippen molar-refractivity contribution in [2.45, 2.75) is 321 Å². The van der Waals surface area contributed by atoms with Crippen molar-refractivity contribution in [1.82, 2.24) is 5.32 Å². The van der Waals surface area contributed by atoms with Gasteiger partial charge in [0, 0.05) is 6.42 Å². The van der Waals surface area contributed by atoms with Gasteiger partial charge < -0.3 is 15.5 Å². The van der Waals surface area contributed by atoms with Crippen molar-refractivity contribution in [2.24, 2.45) is 0 Å². The summed E-state index contributed by atoms with van der Waals surface area (Å²) in [7, 11) is 0. The van der Waals surface area contributed by atoms with Crippen LogP contribution in [0.3, 0.4) is 0 Å². The van der Waals surface area contributed by atoms with Gasteiger partial charge in [0.2, 0.25) is 5.91 Å². The second-order valence-corrected chi connectivity index (χ2v) is 18.7. The maximum atomic E-state index is 12.5. The zero-order valence-electron chi connectivity index (χ0n) is 39.8. The average molecular weight is 818 g/mol. The summed E-state index contributed by atoms with van der Waals surface area (Å²) in [6.07, 6.45) is 64.8. The maximum Gasteiger partial charge on any atom is 0.220 e. The molecule has 58 heavy (non-hydrogen) atoms. The summed E-state index contributed by atoms with van der Waals surface area (Å²) in [6, 6.07) is -0.532. The topological polar surface area (TPSA) is 69.6 Å². The first kappa shape index (κ1) is 57.1. The number of hydrogen-bond acceptors (Lipinski definition) is 3. The zero-order chi connectivity index (χ0) is 42.1. The molecular formula is C54H107NO3. The Bertz CT molecular complexity index is 799. The third-order valence-corrected chi connectivity index (χ3v) is 12.8. The van der Waals surface area contributed by atoms with Gasteiger partial charge >= 0.3 is 0 Å². The molecule has 0 saturated carbocycles. The summed E-state index contributed by atoms with van der Waals surface area (Å²) in [5.41, 5.74) is 0. The second kappa shape index (κ2) is 50.5. The number of hydrogen-bond donors (Lipinski definition) is 3. The SMILES string of the molecule is CCCCCCCCCC/C=C\CCCCCCCCCCCCCCCCCCCCCC(=O)NC(CO)C(O)CCCCCCCCCCCCCCCCC. The van der Waals surface area contributed by atoms with Crippen molar-refractivity contribution in [1.29, 1.82) is 0 Å². The Labute approximate surface area is 365 Å². The van der Waals surface area contributed by atoms with Gasteiger partial charge in [-0.05, 0) is 38.5 Å². The fourth-order valence-electron chi connectivity index (χ4n) is 8.65. The molecule has 0 aromatic carbocycles. The third-order valence-electron chi connectivity index (χ3n) is 12.8. The number of carbonyl (C=O) groups excluding carboxylic acids is 1. The molecule has 2 unspecified atom stereocenters. The van der Waals surface area contributed by atoms with E-state index in [9.17, 15) is 15.0 Å². The molecule has 0 radical (unpaired) electrons. The Morgan fingerprint density at radius 3 is 0.948 bits per heavy atom. The van der Waals surface area contributed by atoms with Crippen LogP contribution >= 0.6 is 0 Å². The van der Waals surface area contributed by atoms with Crippen LogP contribution in [0.1, 0.15) is 309 Å². The van der Waals surface area contributed by atoms with Crippen molar-refractivity contribution in [3.8, 4) is 0 Å². The van der Waals surface area contributed by atoms with E-state index < -0.39 is 12.1 Å². The highest BCUT2D eigenvalue weighted by Crippen LogP contribution is 2.17. The molecule has 3 N–H and O–H groups in total. The minimum atomic E-state index is -0.655. The lowest BCUT2D eigenvalue weighted by Crippen LogP contribution is -2.45. The van der Waals surface area contributed by atoms with Crippen LogP contribution in [0, 0.1) is 0 Å². The van der Waals surface area contributed by atoms with Gasteiger partial charge in [-0.3, -0.25) is 4.79 Å². The smallest absolute Gasteiger partial charge is 0.220 e. The number of allylic oxidation sites excluding steroid dienone is 2. The molecule has 0 fully saturated rings. The number of rotatable bonds is 50. The van der Waals surface area contributed by atoms with E-state index in [1.165, 1.54) is 257 Å². The number of aliphatic hydroxyl groups is 2. The van der Waals surface area contributed by atoms with Crippen LogP contribution in [0.2, 0.25) is 0 Å². The molecule has 0 aromatic heterocycles. The lowest BCUT2D eigenvalue weighted by Gasteiger charge is -2.22. The molecule has 2 atom stereocenters. The molecule has 0 rings (SSSR count). The summed E-state index contributed by atoms with van der Waals surface area (Å²) >= 11 is 0. The monoisotopic (exact) mass is 818 g/mol. The van der Waals surface area contributed by atoms with E-state index in [0.717, 1.165) is 25.7 Å². The molecule has 4 heteroatoms. The van der Waals surface area contributed by atoms with Gasteiger partial charge in [-0.2, -0.15) is 0 Å². The summed E-state index contributed by atoms with van der Waals surface area (Å²) < 4.78 is 0. The lowest BCUT2D eigenvalue weighted by atomic mass is 10.0. The van der Waals surface area contributed by atoms with Gasteiger partial charge in [0.25, 0.3) is 0 Å². The predicted molar refractivity (Wildman–Crippen MR) is 258 cm³/mol. The molecule has 0 saturated heterocycles. The van der Waals surface area contributed by atoms with E-state index in [-0.39, 0.29) is 12.5 Å². The Hall–Kier alpha value is -0.870. The minimum Gasteiger partial charge on any atom is -0.394 e. The Morgan fingerprint density at radius 1 is 0.397 bits per heavy atom. The Balaban J connectivity index is 3.39. The highest BCUT2D eigenvalue weighted by molar-refractivity contribution is 5.76. The largest absolute Gasteiger partial charge is 0.394 e. The van der Waals surface area contributed by atoms with Crippen molar-refractivity contribution in [2.75, 3.05) is 6.61 Å². The number of unbranched alkanes of at least 4 members (excludes halogenated alkanes) is 41. The molecular weight excluding hydrogens is 711 g/mol. The molecule has 0 heterocycles. The summed E-state index contributed by atoms with van der Waals surface area (Å²) in [5.74, 6) is -0.0250. The predicted octanol–water partition coefficient (Wildman–Crippen LogP) is 17.4. The van der Waals surface area contributed by atoms with Crippen LogP contribution in [0.25, 0.3) is 0 Å². The number of aliphatic hydroxyl groups excluding tert-OH is 2. The summed E-state index contributed by atoms with van der Waals surface area (Å²) in [4.78, 5) is 12.5. The summed E-state index contributed by atoms with van der Waals surface area (Å²) in [6.45, 7) is 4.39. The van der Waals surface area contributed by atoms with E-state index in [1.807, 2.05) is 0 Å². The van der Waals surface area contributed by atoms with E-state index in [1.54, 1.807) is 0 Å². The van der Waals surface area contributed by atoms with Crippen LogP contribution in [0.5, 0.6) is 0 Å². The molecule has 0 aliphatic rings. The van der Waals surface area contributed by atoms with Crippen molar-refractivity contribution >= 4 is 5.91 Å². The molecule has 0 bridgehead atoms. The standard InChI is InChI=1S/C54H107NO3/c1-3-5-7-9-11-13-15-17-19-20-21-22-23-24-25-26-27-28-29-30-31-32-33-34-36-38-40-42-44-46-48-50-54(58)55-52(51-56)53(57)49-47-45-43-41-39-37-35-18-16-14-12-10-8-6-4-2/h20-21,52-53,56-57H,3-19,22-51H2,1-2H3,(H,55,58)/b21-20-. The van der Waals surface area contributed by atoms with E-state index >= 15 is 0 Å². The Morgan fingerprint density at radius 2 is 0.655 bits per heavy atom. The van der Waals surface area contributed by atoms with E-state index in [4.69, 9.17) is 0 Å². The average Bonchev–Trinajstić information content (AvgIpc) is 3.23. The first-order valence-corrected chi connectivity index (χ1v) is 26.9. The number of amides is 1. The molecule has 4 nitrogen and oxygen atoms in total. The zero-order valence-corrected chi connectivity index (χ0v) is 39.8. The molecule has 0 aliphatic heterocycles. The van der Waals surface area contributed by atoms with E-state index in [2.05, 4.69) is 31.3 Å².